The number of nitrogens with zero attached hydrogens (tertiary/aromatic N) is 2. The fourth-order valence-electron chi connectivity index (χ4n) is 2.54. The molecule has 1 atom stereocenters. The Kier molecular flexibility index (Phi) is 5.23. The Bertz CT molecular complexity index is 537. The van der Waals surface area contributed by atoms with Gasteiger partial charge in [-0.15, -0.1) is 11.3 Å². The van der Waals surface area contributed by atoms with E-state index in [1.807, 2.05) is 20.2 Å². The Morgan fingerprint density at radius 2 is 2.10 bits per heavy atom. The second-order valence-electron chi connectivity index (χ2n) is 5.55. The molecule has 0 aromatic carbocycles. The molecule has 1 fully saturated rings. The van der Waals surface area contributed by atoms with Crippen molar-refractivity contribution in [1.82, 2.24) is 9.21 Å². The summed E-state index contributed by atoms with van der Waals surface area (Å²) in [6, 6.07) is 4.01. The number of hydrogen-bond acceptors (Lipinski definition) is 4. The topological polar surface area (TPSA) is 40.6 Å². The molecule has 2 heterocycles. The van der Waals surface area contributed by atoms with E-state index in [0.717, 1.165) is 30.6 Å². The van der Waals surface area contributed by atoms with Crippen LogP contribution in [0.4, 0.5) is 0 Å². The molecule has 0 spiro atoms. The highest BCUT2D eigenvalue weighted by atomic mass is 32.2. The molecule has 0 N–H and O–H groups in total. The van der Waals surface area contributed by atoms with Crippen LogP contribution in [0.5, 0.6) is 0 Å². The summed E-state index contributed by atoms with van der Waals surface area (Å²) in [4.78, 5) is 3.27. The van der Waals surface area contributed by atoms with E-state index in [1.54, 1.807) is 10.4 Å². The van der Waals surface area contributed by atoms with Gasteiger partial charge in [-0.25, -0.2) is 8.42 Å². The lowest BCUT2D eigenvalue weighted by Gasteiger charge is -2.27. The maximum Gasteiger partial charge on any atom is 0.252 e. The fourth-order valence-corrected chi connectivity index (χ4v) is 5.51. The van der Waals surface area contributed by atoms with Gasteiger partial charge in [0.1, 0.15) is 4.21 Å². The second kappa shape index (κ2) is 6.56. The highest BCUT2D eigenvalue weighted by Crippen LogP contribution is 2.27. The maximum absolute atomic E-state index is 12.8. The van der Waals surface area contributed by atoms with Crippen LogP contribution in [0.15, 0.2) is 16.3 Å². The van der Waals surface area contributed by atoms with Gasteiger partial charge in [-0.1, -0.05) is 13.3 Å². The molecule has 0 bridgehead atoms. The van der Waals surface area contributed by atoms with Crippen LogP contribution in [0.1, 0.15) is 31.1 Å². The third kappa shape index (κ3) is 3.42. The minimum absolute atomic E-state index is 0.317. The lowest BCUT2D eigenvalue weighted by molar-refractivity contribution is 0.248. The second-order valence-corrected chi connectivity index (χ2v) is 8.88. The molecule has 1 unspecified atom stereocenters. The summed E-state index contributed by atoms with van der Waals surface area (Å²) in [5.74, 6) is 0. The molecule has 1 aliphatic heterocycles. The van der Waals surface area contributed by atoms with Crippen LogP contribution in [-0.2, 0) is 16.4 Å². The highest BCUT2D eigenvalue weighted by molar-refractivity contribution is 7.91. The highest BCUT2D eigenvalue weighted by Gasteiger charge is 2.30. The first-order valence-corrected chi connectivity index (χ1v) is 9.46. The van der Waals surface area contributed by atoms with E-state index in [9.17, 15) is 8.42 Å². The van der Waals surface area contributed by atoms with E-state index in [1.165, 1.54) is 11.3 Å². The number of thiophene rings is 1. The van der Waals surface area contributed by atoms with Crippen molar-refractivity contribution in [3.05, 3.63) is 17.0 Å². The molecule has 0 radical (unpaired) electrons. The van der Waals surface area contributed by atoms with Crippen LogP contribution >= 0.6 is 11.3 Å². The smallest absolute Gasteiger partial charge is 0.252 e. The van der Waals surface area contributed by atoms with Crippen LogP contribution in [0.25, 0.3) is 0 Å². The molecule has 114 valence electrons. The fraction of sp³-hybridized carbons (Fsp3) is 0.714. The monoisotopic (exact) mass is 316 g/mol. The van der Waals surface area contributed by atoms with Crippen molar-refractivity contribution in [2.24, 2.45) is 0 Å². The third-order valence-electron chi connectivity index (χ3n) is 3.92. The van der Waals surface area contributed by atoms with Crippen molar-refractivity contribution in [3.63, 3.8) is 0 Å². The van der Waals surface area contributed by atoms with Gasteiger partial charge in [0.15, 0.2) is 0 Å². The summed E-state index contributed by atoms with van der Waals surface area (Å²) in [6.45, 7) is 3.30. The number of aryl methyl sites for hydroxylation is 1. The first-order chi connectivity index (χ1) is 9.45. The van der Waals surface area contributed by atoms with Crippen molar-refractivity contribution < 1.29 is 8.42 Å². The van der Waals surface area contributed by atoms with Gasteiger partial charge in [0.25, 0.3) is 10.0 Å². The summed E-state index contributed by atoms with van der Waals surface area (Å²) >= 11 is 1.41. The van der Waals surface area contributed by atoms with Gasteiger partial charge >= 0.3 is 0 Å². The molecule has 1 saturated heterocycles. The molecule has 0 saturated carbocycles. The predicted octanol–water partition coefficient (Wildman–Crippen LogP) is 2.42. The van der Waals surface area contributed by atoms with Crippen LogP contribution in [0, 0.1) is 0 Å². The normalized spacial score (nSPS) is 22.1. The van der Waals surface area contributed by atoms with Crippen molar-refractivity contribution >= 4 is 21.4 Å². The van der Waals surface area contributed by atoms with Crippen LogP contribution in [-0.4, -0.2) is 50.8 Å². The average Bonchev–Trinajstić information content (AvgIpc) is 2.75. The summed E-state index contributed by atoms with van der Waals surface area (Å²) in [7, 11) is 0.742. The molecule has 1 aromatic heterocycles. The van der Waals surface area contributed by atoms with Gasteiger partial charge in [0.05, 0.1) is 0 Å². The molecule has 6 heteroatoms. The Balaban J connectivity index is 2.23. The van der Waals surface area contributed by atoms with Gasteiger partial charge in [-0.3, -0.25) is 0 Å². The SMILES string of the molecule is CCc1ccc(S(=O)(=O)N2CCCCC(N(C)C)C2)s1. The molecular formula is C14H24N2O2S2. The molecule has 0 aliphatic carbocycles. The summed E-state index contributed by atoms with van der Waals surface area (Å²) < 4.78 is 27.7. The van der Waals surface area contributed by atoms with E-state index in [-0.39, 0.29) is 0 Å². The van der Waals surface area contributed by atoms with Gasteiger partial charge in [-0.05, 0) is 45.5 Å². The zero-order valence-electron chi connectivity index (χ0n) is 12.5. The Morgan fingerprint density at radius 1 is 1.35 bits per heavy atom. The van der Waals surface area contributed by atoms with Crippen LogP contribution in [0.3, 0.4) is 0 Å². The van der Waals surface area contributed by atoms with E-state index in [4.69, 9.17) is 0 Å². The number of rotatable bonds is 4. The van der Waals surface area contributed by atoms with Crippen LogP contribution < -0.4 is 0 Å². The van der Waals surface area contributed by atoms with Gasteiger partial charge in [0.2, 0.25) is 0 Å². The molecule has 1 aliphatic rings. The molecule has 1 aromatic rings. The van der Waals surface area contributed by atoms with Crippen molar-refractivity contribution in [1.29, 1.82) is 0 Å². The lowest BCUT2D eigenvalue weighted by atomic mass is 10.1. The van der Waals surface area contributed by atoms with Gasteiger partial charge in [0, 0.05) is 24.0 Å². The van der Waals surface area contributed by atoms with Crippen LogP contribution in [0.2, 0.25) is 0 Å². The maximum atomic E-state index is 12.8. The summed E-state index contributed by atoms with van der Waals surface area (Å²) in [5.41, 5.74) is 0. The average molecular weight is 316 g/mol. The number of sulfonamides is 1. The van der Waals surface area contributed by atoms with Gasteiger partial charge in [-0.2, -0.15) is 4.31 Å². The minimum Gasteiger partial charge on any atom is -0.305 e. The van der Waals surface area contributed by atoms with Crippen molar-refractivity contribution in [3.8, 4) is 0 Å². The zero-order chi connectivity index (χ0) is 14.8. The quantitative estimate of drug-likeness (QED) is 0.856. The molecule has 4 nitrogen and oxygen atoms in total. The molecule has 20 heavy (non-hydrogen) atoms. The number of likely N-dealkylation sites (N-methyl/N-ethyl adjacent to an activating group) is 1. The largest absolute Gasteiger partial charge is 0.305 e. The first kappa shape index (κ1) is 15.9. The molecular weight excluding hydrogens is 292 g/mol. The van der Waals surface area contributed by atoms with Crippen molar-refractivity contribution in [2.45, 2.75) is 42.9 Å². The lowest BCUT2D eigenvalue weighted by Crippen LogP contribution is -2.41. The third-order valence-corrected chi connectivity index (χ3v) is 7.48. The molecule has 2 rings (SSSR count). The first-order valence-electron chi connectivity index (χ1n) is 7.20. The van der Waals surface area contributed by atoms with Gasteiger partial charge < -0.3 is 4.90 Å². The standard InChI is InChI=1S/C14H24N2O2S2/c1-4-13-8-9-14(19-13)20(17,18)16-10-6-5-7-12(11-16)15(2)3/h8-9,12H,4-7,10-11H2,1-3H3. The van der Waals surface area contributed by atoms with E-state index in [0.29, 0.717) is 23.3 Å². The number of hydrogen-bond donors (Lipinski definition) is 0. The van der Waals surface area contributed by atoms with E-state index < -0.39 is 10.0 Å². The Labute approximate surface area is 126 Å². The zero-order valence-corrected chi connectivity index (χ0v) is 14.1. The summed E-state index contributed by atoms with van der Waals surface area (Å²) in [6.07, 6.45) is 4.01. The molecule has 0 amide bonds. The van der Waals surface area contributed by atoms with E-state index >= 15 is 0 Å². The van der Waals surface area contributed by atoms with E-state index in [2.05, 4.69) is 11.8 Å². The Morgan fingerprint density at radius 3 is 2.70 bits per heavy atom. The predicted molar refractivity (Wildman–Crippen MR) is 83.8 cm³/mol. The van der Waals surface area contributed by atoms with Crippen molar-refractivity contribution in [2.75, 3.05) is 27.2 Å². The Hall–Kier alpha value is -0.430. The minimum atomic E-state index is -3.32. The summed E-state index contributed by atoms with van der Waals surface area (Å²) in [5, 5.41) is 0.